The molecule has 0 saturated carbocycles. The molecule has 2 heterocycles. The van der Waals surface area contributed by atoms with Gasteiger partial charge in [0.25, 0.3) is 0 Å². The van der Waals surface area contributed by atoms with Crippen LogP contribution < -0.4 is 5.73 Å². The van der Waals surface area contributed by atoms with Crippen LogP contribution in [-0.4, -0.2) is 10.1 Å². The number of benzene rings is 2. The predicted molar refractivity (Wildman–Crippen MR) is 106 cm³/mol. The highest BCUT2D eigenvalue weighted by Crippen LogP contribution is 2.33. The Bertz CT molecular complexity index is 1010. The molecule has 1 unspecified atom stereocenters. The normalized spacial score (nSPS) is 11.9. The van der Waals surface area contributed by atoms with E-state index in [0.717, 1.165) is 39.0 Å². The Morgan fingerprint density at radius 2 is 1.85 bits per heavy atom. The van der Waals surface area contributed by atoms with Crippen molar-refractivity contribution in [2.75, 3.05) is 0 Å². The van der Waals surface area contributed by atoms with Crippen molar-refractivity contribution in [1.29, 1.82) is 0 Å². The van der Waals surface area contributed by atoms with Gasteiger partial charge < -0.3 is 10.3 Å². The van der Waals surface area contributed by atoms with E-state index in [2.05, 4.69) is 35.3 Å². The van der Waals surface area contributed by atoms with Crippen molar-refractivity contribution >= 4 is 23.4 Å². The first-order valence-electron chi connectivity index (χ1n) is 8.33. The molecule has 4 rings (SSSR count). The molecule has 0 amide bonds. The molecule has 2 aromatic carbocycles. The summed E-state index contributed by atoms with van der Waals surface area (Å²) >= 11 is 0. The molecule has 0 saturated heterocycles. The lowest BCUT2D eigenvalue weighted by Crippen LogP contribution is -2.15. The van der Waals surface area contributed by atoms with Gasteiger partial charge in [-0.25, -0.2) is 0 Å². The number of nitrogens with two attached hydrogens (primary N) is 1. The van der Waals surface area contributed by atoms with Crippen molar-refractivity contribution < 1.29 is 4.52 Å². The zero-order valence-electron chi connectivity index (χ0n) is 14.4. The van der Waals surface area contributed by atoms with E-state index in [1.165, 1.54) is 0 Å². The number of aromatic nitrogens is 2. The fourth-order valence-electron chi connectivity index (χ4n) is 3.13. The minimum absolute atomic E-state index is 0. The van der Waals surface area contributed by atoms with Crippen molar-refractivity contribution in [3.8, 4) is 11.3 Å². The Morgan fingerprint density at radius 3 is 2.65 bits per heavy atom. The maximum absolute atomic E-state index is 6.53. The number of hydrogen-bond donors (Lipinski definition) is 1. The van der Waals surface area contributed by atoms with E-state index in [0.29, 0.717) is 6.42 Å². The molecule has 0 aliphatic heterocycles. The van der Waals surface area contributed by atoms with Gasteiger partial charge in [-0.3, -0.25) is 4.98 Å². The Hall–Kier alpha value is -2.69. The fraction of sp³-hybridized carbons (Fsp3) is 0.143. The summed E-state index contributed by atoms with van der Waals surface area (Å²) < 4.78 is 5.49. The number of aryl methyl sites for hydroxylation is 1. The lowest BCUT2D eigenvalue weighted by Gasteiger charge is -2.16. The third-order valence-electron chi connectivity index (χ3n) is 4.40. The van der Waals surface area contributed by atoms with Gasteiger partial charge in [-0.05, 0) is 42.8 Å². The van der Waals surface area contributed by atoms with E-state index in [-0.39, 0.29) is 18.4 Å². The monoisotopic (exact) mass is 365 g/mol. The Morgan fingerprint density at radius 1 is 1.04 bits per heavy atom. The van der Waals surface area contributed by atoms with E-state index in [9.17, 15) is 0 Å². The first-order valence-corrected chi connectivity index (χ1v) is 8.33. The van der Waals surface area contributed by atoms with Crippen LogP contribution >= 0.6 is 12.4 Å². The Balaban J connectivity index is 0.00000196. The molecule has 4 aromatic rings. The largest absolute Gasteiger partial charge is 0.356 e. The van der Waals surface area contributed by atoms with Crippen LogP contribution in [-0.2, 0) is 6.42 Å². The average molecular weight is 366 g/mol. The van der Waals surface area contributed by atoms with Crippen LogP contribution in [0.1, 0.15) is 22.9 Å². The highest BCUT2D eigenvalue weighted by Gasteiger charge is 2.18. The molecule has 0 aliphatic carbocycles. The van der Waals surface area contributed by atoms with Gasteiger partial charge in [-0.1, -0.05) is 41.1 Å². The zero-order chi connectivity index (χ0) is 17.2. The highest BCUT2D eigenvalue weighted by molar-refractivity contribution is 5.92. The van der Waals surface area contributed by atoms with Gasteiger partial charge in [0, 0.05) is 35.3 Å². The number of pyridine rings is 1. The van der Waals surface area contributed by atoms with Crippen molar-refractivity contribution in [2.45, 2.75) is 19.4 Å². The van der Waals surface area contributed by atoms with Gasteiger partial charge in [0.2, 0.25) is 0 Å². The molecule has 0 spiro atoms. The predicted octanol–water partition coefficient (Wildman–Crippen LogP) is 4.86. The van der Waals surface area contributed by atoms with Crippen molar-refractivity contribution in [1.82, 2.24) is 10.1 Å². The summed E-state index contributed by atoms with van der Waals surface area (Å²) in [5, 5.41) is 5.31. The number of fused-ring (bicyclic) bond motifs is 1. The summed E-state index contributed by atoms with van der Waals surface area (Å²) in [7, 11) is 0. The molecule has 1 atom stereocenters. The third-order valence-corrected chi connectivity index (χ3v) is 4.40. The molecule has 5 heteroatoms. The highest BCUT2D eigenvalue weighted by atomic mass is 35.5. The number of halogens is 1. The molecule has 2 aromatic heterocycles. The average Bonchev–Trinajstić information content (AvgIpc) is 3.06. The topological polar surface area (TPSA) is 64.9 Å². The first-order chi connectivity index (χ1) is 12.2. The van der Waals surface area contributed by atoms with Crippen LogP contribution in [0.2, 0.25) is 0 Å². The van der Waals surface area contributed by atoms with E-state index in [1.54, 1.807) is 6.20 Å². The maximum atomic E-state index is 6.53. The molecular formula is C21H20ClN3O. The van der Waals surface area contributed by atoms with E-state index >= 15 is 0 Å². The summed E-state index contributed by atoms with van der Waals surface area (Å²) in [6, 6.07) is 19.9. The number of rotatable bonds is 4. The molecule has 26 heavy (non-hydrogen) atoms. The summed E-state index contributed by atoms with van der Waals surface area (Å²) in [4.78, 5) is 4.39. The second kappa shape index (κ2) is 7.68. The van der Waals surface area contributed by atoms with Gasteiger partial charge in [-0.2, -0.15) is 0 Å². The van der Waals surface area contributed by atoms with Crippen LogP contribution in [0.4, 0.5) is 0 Å². The summed E-state index contributed by atoms with van der Waals surface area (Å²) in [5.41, 5.74) is 12.4. The van der Waals surface area contributed by atoms with E-state index in [4.69, 9.17) is 10.3 Å². The van der Waals surface area contributed by atoms with Crippen molar-refractivity contribution in [2.24, 2.45) is 5.73 Å². The number of nitrogens with zero attached hydrogens (tertiary/aromatic N) is 2. The fourth-order valence-corrected chi connectivity index (χ4v) is 3.13. The molecule has 4 nitrogen and oxygen atoms in total. The SMILES string of the molecule is Cc1ccc(C(N)Cc2ccccn2)c(-c2noc3ccccc23)c1.Cl. The second-order valence-corrected chi connectivity index (χ2v) is 6.25. The van der Waals surface area contributed by atoms with Gasteiger partial charge in [-0.15, -0.1) is 12.4 Å². The first kappa shape index (κ1) is 18.1. The maximum Gasteiger partial charge on any atom is 0.167 e. The smallest absolute Gasteiger partial charge is 0.167 e. The summed E-state index contributed by atoms with van der Waals surface area (Å²) in [6.07, 6.45) is 2.47. The van der Waals surface area contributed by atoms with Crippen LogP contribution in [0.3, 0.4) is 0 Å². The van der Waals surface area contributed by atoms with Crippen LogP contribution in [0.25, 0.3) is 22.2 Å². The molecule has 132 valence electrons. The summed E-state index contributed by atoms with van der Waals surface area (Å²) in [6.45, 7) is 2.07. The molecular weight excluding hydrogens is 346 g/mol. The second-order valence-electron chi connectivity index (χ2n) is 6.25. The Labute approximate surface area is 158 Å². The zero-order valence-corrected chi connectivity index (χ0v) is 15.2. The molecule has 0 bridgehead atoms. The minimum Gasteiger partial charge on any atom is -0.356 e. The van der Waals surface area contributed by atoms with Crippen molar-refractivity contribution in [3.05, 3.63) is 83.7 Å². The third kappa shape index (κ3) is 3.47. The van der Waals surface area contributed by atoms with Crippen molar-refractivity contribution in [3.63, 3.8) is 0 Å². The van der Waals surface area contributed by atoms with Gasteiger partial charge in [0.05, 0.1) is 0 Å². The molecule has 0 radical (unpaired) electrons. The number of para-hydroxylation sites is 1. The van der Waals surface area contributed by atoms with Gasteiger partial charge >= 0.3 is 0 Å². The lowest BCUT2D eigenvalue weighted by atomic mass is 9.93. The van der Waals surface area contributed by atoms with Crippen LogP contribution in [0.5, 0.6) is 0 Å². The molecule has 0 fully saturated rings. The van der Waals surface area contributed by atoms with E-state index in [1.807, 2.05) is 42.5 Å². The summed E-state index contributed by atoms with van der Waals surface area (Å²) in [5.74, 6) is 0. The Kier molecular flexibility index (Phi) is 5.35. The van der Waals surface area contributed by atoms with Gasteiger partial charge in [0.1, 0.15) is 5.69 Å². The standard InChI is InChI=1S/C21H19N3O.ClH/c1-14-9-10-16(19(22)13-15-6-4-5-11-23-15)18(12-14)21-17-7-2-3-8-20(17)25-24-21;/h2-12,19H,13,22H2,1H3;1H. The van der Waals surface area contributed by atoms with Crippen LogP contribution in [0.15, 0.2) is 71.4 Å². The van der Waals surface area contributed by atoms with E-state index < -0.39 is 0 Å². The number of hydrogen-bond acceptors (Lipinski definition) is 4. The quantitative estimate of drug-likeness (QED) is 0.560. The lowest BCUT2D eigenvalue weighted by molar-refractivity contribution is 0.459. The minimum atomic E-state index is -0.166. The molecule has 2 N–H and O–H groups in total. The molecule has 0 aliphatic rings. The van der Waals surface area contributed by atoms with Gasteiger partial charge in [0.15, 0.2) is 5.58 Å². The van der Waals surface area contributed by atoms with Crippen LogP contribution in [0, 0.1) is 6.92 Å².